The second-order valence-corrected chi connectivity index (χ2v) is 4.20. The summed E-state index contributed by atoms with van der Waals surface area (Å²) in [5.41, 5.74) is 1.97. The molecule has 1 aliphatic rings. The lowest BCUT2D eigenvalue weighted by molar-refractivity contribution is 0.202. The summed E-state index contributed by atoms with van der Waals surface area (Å²) in [7, 11) is 0. The molecule has 0 unspecified atom stereocenters. The van der Waals surface area contributed by atoms with Gasteiger partial charge in [0.15, 0.2) is 0 Å². The zero-order valence-electron chi connectivity index (χ0n) is 6.83. The van der Waals surface area contributed by atoms with Crippen molar-refractivity contribution in [3.8, 4) is 0 Å². The first-order valence-electron chi connectivity index (χ1n) is 3.97. The topological polar surface area (TPSA) is 40.5 Å². The summed E-state index contributed by atoms with van der Waals surface area (Å²) in [5, 5.41) is 8.85. The van der Waals surface area contributed by atoms with Crippen molar-refractivity contribution in [3.63, 3.8) is 0 Å². The van der Waals surface area contributed by atoms with E-state index in [9.17, 15) is 4.79 Å². The van der Waals surface area contributed by atoms with Crippen LogP contribution in [0, 0.1) is 3.57 Å². The molecule has 0 atom stereocenters. The van der Waals surface area contributed by atoms with Crippen molar-refractivity contribution in [2.75, 3.05) is 11.4 Å². The van der Waals surface area contributed by atoms with Gasteiger partial charge < -0.3 is 5.11 Å². The number of benzene rings is 1. The van der Waals surface area contributed by atoms with Crippen LogP contribution in [0.15, 0.2) is 18.2 Å². The van der Waals surface area contributed by atoms with E-state index >= 15 is 0 Å². The third kappa shape index (κ3) is 1.50. The van der Waals surface area contributed by atoms with Gasteiger partial charge in [-0.25, -0.2) is 4.79 Å². The largest absolute Gasteiger partial charge is 0.465 e. The van der Waals surface area contributed by atoms with Crippen molar-refractivity contribution in [1.82, 2.24) is 0 Å². The van der Waals surface area contributed by atoms with Gasteiger partial charge in [-0.1, -0.05) is 0 Å². The van der Waals surface area contributed by atoms with Crippen molar-refractivity contribution in [2.24, 2.45) is 0 Å². The number of anilines is 1. The molecule has 0 aliphatic carbocycles. The van der Waals surface area contributed by atoms with Crippen LogP contribution in [0.4, 0.5) is 10.5 Å². The van der Waals surface area contributed by atoms with Crippen molar-refractivity contribution >= 4 is 34.4 Å². The highest BCUT2D eigenvalue weighted by Crippen LogP contribution is 2.29. The predicted molar refractivity (Wildman–Crippen MR) is 58.2 cm³/mol. The Hall–Kier alpha value is -0.780. The van der Waals surface area contributed by atoms with Gasteiger partial charge in [0.05, 0.1) is 5.69 Å². The van der Waals surface area contributed by atoms with E-state index in [0.29, 0.717) is 6.54 Å². The third-order valence-electron chi connectivity index (χ3n) is 2.17. The lowest BCUT2D eigenvalue weighted by Crippen LogP contribution is -2.26. The van der Waals surface area contributed by atoms with Gasteiger partial charge in [0, 0.05) is 10.1 Å². The van der Waals surface area contributed by atoms with Crippen LogP contribution in [-0.2, 0) is 6.42 Å². The molecule has 1 aromatic rings. The van der Waals surface area contributed by atoms with E-state index in [1.807, 2.05) is 18.2 Å². The number of amides is 1. The molecule has 3 nitrogen and oxygen atoms in total. The number of carboxylic acid groups (broad SMARTS) is 1. The number of hydrogen-bond acceptors (Lipinski definition) is 1. The van der Waals surface area contributed by atoms with E-state index in [2.05, 4.69) is 22.6 Å². The molecule has 4 heteroatoms. The van der Waals surface area contributed by atoms with Gasteiger partial charge in [-0.2, -0.15) is 0 Å². The summed E-state index contributed by atoms with van der Waals surface area (Å²) in [4.78, 5) is 12.2. The Labute approximate surface area is 89.5 Å². The fourth-order valence-corrected chi connectivity index (χ4v) is 2.12. The second kappa shape index (κ2) is 3.17. The van der Waals surface area contributed by atoms with E-state index in [4.69, 9.17) is 5.11 Å². The molecular weight excluding hydrogens is 281 g/mol. The van der Waals surface area contributed by atoms with E-state index < -0.39 is 6.09 Å². The fourth-order valence-electron chi connectivity index (χ4n) is 1.57. The van der Waals surface area contributed by atoms with Crippen LogP contribution in [0.5, 0.6) is 0 Å². The van der Waals surface area contributed by atoms with Gasteiger partial charge in [0.2, 0.25) is 0 Å². The van der Waals surface area contributed by atoms with Crippen LogP contribution in [0.3, 0.4) is 0 Å². The minimum Gasteiger partial charge on any atom is -0.465 e. The first kappa shape index (κ1) is 8.80. The molecule has 0 saturated carbocycles. The zero-order valence-corrected chi connectivity index (χ0v) is 8.98. The molecule has 0 saturated heterocycles. The van der Waals surface area contributed by atoms with Gasteiger partial charge in [0.1, 0.15) is 0 Å². The summed E-state index contributed by atoms with van der Waals surface area (Å²) in [6.45, 7) is 0.588. The summed E-state index contributed by atoms with van der Waals surface area (Å²) in [5.74, 6) is 0. The number of hydrogen-bond donors (Lipinski definition) is 1. The number of nitrogens with zero attached hydrogens (tertiary/aromatic N) is 1. The Morgan fingerprint density at radius 3 is 3.00 bits per heavy atom. The average molecular weight is 289 g/mol. The molecule has 0 spiro atoms. The van der Waals surface area contributed by atoms with Crippen LogP contribution < -0.4 is 4.90 Å². The highest BCUT2D eigenvalue weighted by atomic mass is 127. The van der Waals surface area contributed by atoms with Gasteiger partial charge in [-0.15, -0.1) is 0 Å². The third-order valence-corrected chi connectivity index (χ3v) is 2.84. The lowest BCUT2D eigenvalue weighted by Gasteiger charge is -2.11. The molecular formula is C9H8INO2. The molecule has 68 valence electrons. The average Bonchev–Trinajstić information content (AvgIpc) is 2.46. The molecule has 1 heterocycles. The van der Waals surface area contributed by atoms with Crippen LogP contribution >= 0.6 is 22.6 Å². The monoisotopic (exact) mass is 289 g/mol. The van der Waals surface area contributed by atoms with E-state index in [1.165, 1.54) is 4.90 Å². The summed E-state index contributed by atoms with van der Waals surface area (Å²) in [6, 6.07) is 5.84. The van der Waals surface area contributed by atoms with Gasteiger partial charge in [-0.3, -0.25) is 4.90 Å². The van der Waals surface area contributed by atoms with Crippen LogP contribution in [0.1, 0.15) is 5.56 Å². The first-order valence-corrected chi connectivity index (χ1v) is 5.05. The van der Waals surface area contributed by atoms with Crippen molar-refractivity contribution < 1.29 is 9.90 Å². The number of carbonyl (C=O) groups is 1. The Bertz CT molecular complexity index is 365. The summed E-state index contributed by atoms with van der Waals surface area (Å²) < 4.78 is 1.16. The second-order valence-electron chi connectivity index (χ2n) is 2.96. The van der Waals surface area contributed by atoms with E-state index in [-0.39, 0.29) is 0 Å². The van der Waals surface area contributed by atoms with Crippen LogP contribution in [0.25, 0.3) is 0 Å². The molecule has 0 aromatic heterocycles. The molecule has 0 fully saturated rings. The normalized spacial score (nSPS) is 14.4. The van der Waals surface area contributed by atoms with Gasteiger partial charge in [0.25, 0.3) is 0 Å². The standard InChI is InChI=1S/C9H8INO2/c10-7-1-2-8-6(5-7)3-4-11(8)9(12)13/h1-2,5H,3-4H2,(H,12,13). The Balaban J connectivity index is 2.44. The Kier molecular flexibility index (Phi) is 2.15. The van der Waals surface area contributed by atoms with Gasteiger partial charge >= 0.3 is 6.09 Å². The van der Waals surface area contributed by atoms with Crippen molar-refractivity contribution in [3.05, 3.63) is 27.3 Å². The highest BCUT2D eigenvalue weighted by molar-refractivity contribution is 14.1. The predicted octanol–water partition coefficient (Wildman–Crippen LogP) is 2.33. The smallest absolute Gasteiger partial charge is 0.411 e. The number of fused-ring (bicyclic) bond motifs is 1. The molecule has 0 bridgehead atoms. The molecule has 13 heavy (non-hydrogen) atoms. The maximum absolute atomic E-state index is 10.8. The number of halogens is 1. The molecule has 1 aliphatic heterocycles. The molecule has 1 N–H and O–H groups in total. The first-order chi connectivity index (χ1) is 6.18. The maximum atomic E-state index is 10.8. The maximum Gasteiger partial charge on any atom is 0.411 e. The van der Waals surface area contributed by atoms with Crippen LogP contribution in [-0.4, -0.2) is 17.7 Å². The molecule has 1 aromatic carbocycles. The van der Waals surface area contributed by atoms with Gasteiger partial charge in [-0.05, 0) is 52.8 Å². The highest BCUT2D eigenvalue weighted by Gasteiger charge is 2.23. The SMILES string of the molecule is O=C(O)N1CCc2cc(I)ccc21. The molecule has 2 rings (SSSR count). The minimum absolute atomic E-state index is 0.588. The Morgan fingerprint density at radius 1 is 1.54 bits per heavy atom. The lowest BCUT2D eigenvalue weighted by atomic mass is 10.2. The van der Waals surface area contributed by atoms with E-state index in [0.717, 1.165) is 21.2 Å². The van der Waals surface area contributed by atoms with Crippen molar-refractivity contribution in [1.29, 1.82) is 0 Å². The minimum atomic E-state index is -0.861. The van der Waals surface area contributed by atoms with Crippen LogP contribution in [0.2, 0.25) is 0 Å². The quantitative estimate of drug-likeness (QED) is 0.745. The fraction of sp³-hybridized carbons (Fsp3) is 0.222. The number of rotatable bonds is 0. The Morgan fingerprint density at radius 2 is 2.31 bits per heavy atom. The molecule has 0 radical (unpaired) electrons. The molecule has 1 amide bonds. The summed E-state index contributed by atoms with van der Waals surface area (Å²) >= 11 is 2.23. The van der Waals surface area contributed by atoms with E-state index in [1.54, 1.807) is 0 Å². The summed E-state index contributed by atoms with van der Waals surface area (Å²) in [6.07, 6.45) is -0.0293. The zero-order chi connectivity index (χ0) is 9.42. The van der Waals surface area contributed by atoms with Crippen molar-refractivity contribution in [2.45, 2.75) is 6.42 Å².